The fourth-order valence-corrected chi connectivity index (χ4v) is 0.391. The van der Waals surface area contributed by atoms with Crippen LogP contribution < -0.4 is 0 Å². The minimum atomic E-state index is -0.125. The third kappa shape index (κ3) is 399. The van der Waals surface area contributed by atoms with Crippen LogP contribution in [0, 0.1) is 0 Å². The van der Waals surface area contributed by atoms with E-state index in [4.69, 9.17) is 14.9 Å². The normalized spacial score (nSPS) is 5.52. The molecule has 0 aliphatic heterocycles. The molecule has 0 amide bonds. The van der Waals surface area contributed by atoms with E-state index < -0.39 is 0 Å². The first kappa shape index (κ1) is 42.7. The predicted octanol–water partition coefficient (Wildman–Crippen LogP) is 4.81. The van der Waals surface area contributed by atoms with Gasteiger partial charge in [0.25, 0.3) is 0 Å². The number of rotatable bonds is 5. The lowest BCUT2D eigenvalue weighted by Crippen LogP contribution is -1.90. The third-order valence-electron chi connectivity index (χ3n) is 0.946. The van der Waals surface area contributed by atoms with Gasteiger partial charge in [-0.3, -0.25) is 0 Å². The highest BCUT2D eigenvalue weighted by atomic mass is 16.5. The van der Waals surface area contributed by atoms with Crippen LogP contribution >= 0.6 is 0 Å². The summed E-state index contributed by atoms with van der Waals surface area (Å²) in [5.74, 6) is 0. The molecule has 3 nitrogen and oxygen atoms in total. The molecular formula is C18H40O3. The number of ether oxygens (including phenoxy) is 1. The summed E-state index contributed by atoms with van der Waals surface area (Å²) in [6, 6.07) is 0. The number of aliphatic hydroxyl groups is 2. The lowest BCUT2D eigenvalue weighted by atomic mass is 10.4. The van der Waals surface area contributed by atoms with Crippen molar-refractivity contribution in [3.63, 3.8) is 0 Å². The average Bonchev–Trinajstić information content (AvgIpc) is 2.64. The largest absolute Gasteiger partial charge is 0.394 e. The fraction of sp³-hybridized carbons (Fsp3) is 0.444. The monoisotopic (exact) mass is 304 g/mol. The van der Waals surface area contributed by atoms with Gasteiger partial charge < -0.3 is 14.9 Å². The molecule has 0 heterocycles. The van der Waals surface area contributed by atoms with Crippen LogP contribution in [0.15, 0.2) is 65.8 Å². The summed E-state index contributed by atoms with van der Waals surface area (Å²) in [5.41, 5.74) is 0. The van der Waals surface area contributed by atoms with Gasteiger partial charge >= 0.3 is 0 Å². The molecule has 0 radical (unpaired) electrons. The predicted molar refractivity (Wildman–Crippen MR) is 102 cm³/mol. The summed E-state index contributed by atoms with van der Waals surface area (Å²) in [5, 5.41) is 15.2. The Bertz CT molecular complexity index is 80.9. The summed E-state index contributed by atoms with van der Waals surface area (Å²) in [4.78, 5) is 0. The molecule has 0 spiro atoms. The Kier molecular flexibility index (Phi) is 375. The van der Waals surface area contributed by atoms with Gasteiger partial charge in [0, 0.05) is 13.2 Å². The van der Waals surface area contributed by atoms with Crippen LogP contribution in [0.2, 0.25) is 0 Å². The van der Waals surface area contributed by atoms with Crippen molar-refractivity contribution in [3.8, 4) is 0 Å². The van der Waals surface area contributed by atoms with E-state index in [9.17, 15) is 0 Å². The lowest BCUT2D eigenvalue weighted by Gasteiger charge is -1.94. The van der Waals surface area contributed by atoms with Crippen molar-refractivity contribution in [2.45, 2.75) is 26.7 Å². The van der Waals surface area contributed by atoms with Crippen molar-refractivity contribution < 1.29 is 14.9 Å². The van der Waals surface area contributed by atoms with Crippen molar-refractivity contribution in [1.29, 1.82) is 0 Å². The van der Waals surface area contributed by atoms with E-state index in [1.165, 1.54) is 12.8 Å². The molecule has 0 saturated heterocycles. The van der Waals surface area contributed by atoms with E-state index in [0.717, 1.165) is 13.2 Å². The second kappa shape index (κ2) is 184. The molecular weight excluding hydrogens is 264 g/mol. The molecule has 0 saturated carbocycles. The lowest BCUT2D eigenvalue weighted by molar-refractivity contribution is 0.144. The van der Waals surface area contributed by atoms with E-state index in [1.54, 1.807) is 0 Å². The molecule has 0 aromatic heterocycles. The number of hydrogen-bond donors (Lipinski definition) is 2. The van der Waals surface area contributed by atoms with Crippen LogP contribution in [0.3, 0.4) is 0 Å². The van der Waals surface area contributed by atoms with Crippen LogP contribution in [0.1, 0.15) is 26.7 Å². The Morgan fingerprint density at radius 2 is 0.952 bits per heavy atom. The summed E-state index contributed by atoms with van der Waals surface area (Å²) >= 11 is 0. The molecule has 21 heavy (non-hydrogen) atoms. The zero-order chi connectivity index (χ0) is 18.9. The number of hydrogen-bond acceptors (Lipinski definition) is 3. The maximum absolute atomic E-state index is 7.62. The van der Waals surface area contributed by atoms with Crippen molar-refractivity contribution in [1.82, 2.24) is 0 Å². The van der Waals surface area contributed by atoms with E-state index in [1.807, 2.05) is 6.92 Å². The second-order valence-electron chi connectivity index (χ2n) is 2.00. The van der Waals surface area contributed by atoms with E-state index >= 15 is 0 Å². The van der Waals surface area contributed by atoms with E-state index in [2.05, 4.69) is 72.7 Å². The highest BCUT2D eigenvalue weighted by Crippen LogP contribution is 1.85. The first-order valence-electron chi connectivity index (χ1n) is 6.62. The minimum Gasteiger partial charge on any atom is -0.394 e. The van der Waals surface area contributed by atoms with Gasteiger partial charge in [0.15, 0.2) is 0 Å². The van der Waals surface area contributed by atoms with Crippen LogP contribution in [0.5, 0.6) is 0 Å². The molecule has 0 unspecified atom stereocenters. The maximum Gasteiger partial charge on any atom is 0.0662 e. The van der Waals surface area contributed by atoms with Gasteiger partial charge in [0.05, 0.1) is 13.2 Å². The molecule has 0 fully saturated rings. The minimum absolute atomic E-state index is 0.125. The Balaban J connectivity index is -0.0000000243. The highest BCUT2D eigenvalue weighted by molar-refractivity contribution is 4.28. The summed E-state index contributed by atoms with van der Waals surface area (Å²) in [7, 11) is 0. The first-order chi connectivity index (χ1) is 10.3. The SMILES string of the molecule is C=C.C=C.C=C.C=C.C=C.CCCCOCC.OCCO. The second-order valence-corrected chi connectivity index (χ2v) is 2.00. The van der Waals surface area contributed by atoms with Crippen molar-refractivity contribution in [3.05, 3.63) is 65.8 Å². The highest BCUT2D eigenvalue weighted by Gasteiger charge is 1.78. The van der Waals surface area contributed by atoms with Crippen LogP contribution in [-0.4, -0.2) is 36.6 Å². The molecule has 0 atom stereocenters. The summed E-state index contributed by atoms with van der Waals surface area (Å²) in [6.07, 6.45) is 2.44. The van der Waals surface area contributed by atoms with Gasteiger partial charge in [-0.05, 0) is 13.3 Å². The maximum atomic E-state index is 7.62. The van der Waals surface area contributed by atoms with Gasteiger partial charge in [0.1, 0.15) is 0 Å². The summed E-state index contributed by atoms with van der Waals surface area (Å²) in [6.45, 7) is 35.7. The van der Waals surface area contributed by atoms with Gasteiger partial charge in [0.2, 0.25) is 0 Å². The van der Waals surface area contributed by atoms with E-state index in [-0.39, 0.29) is 13.2 Å². The Hall–Kier alpha value is -1.42. The molecule has 0 aromatic rings. The Morgan fingerprint density at radius 3 is 1.10 bits per heavy atom. The fourth-order valence-electron chi connectivity index (χ4n) is 0.391. The molecule has 0 rings (SSSR count). The van der Waals surface area contributed by atoms with Crippen LogP contribution in [0.4, 0.5) is 0 Å². The molecule has 130 valence electrons. The van der Waals surface area contributed by atoms with E-state index in [0.29, 0.717) is 0 Å². The third-order valence-corrected chi connectivity index (χ3v) is 0.946. The zero-order valence-corrected chi connectivity index (χ0v) is 14.6. The van der Waals surface area contributed by atoms with Crippen LogP contribution in [-0.2, 0) is 4.74 Å². The molecule has 0 bridgehead atoms. The average molecular weight is 305 g/mol. The first-order valence-corrected chi connectivity index (χ1v) is 6.62. The molecule has 0 aliphatic carbocycles. The molecule has 0 aromatic carbocycles. The van der Waals surface area contributed by atoms with Crippen molar-refractivity contribution in [2.24, 2.45) is 0 Å². The topological polar surface area (TPSA) is 49.7 Å². The van der Waals surface area contributed by atoms with Gasteiger partial charge in [-0.2, -0.15) is 0 Å². The standard InChI is InChI=1S/C6H14O.C2H6O2.5C2H4/c1-3-5-6-7-4-2;3-1-2-4;5*1-2/h3-6H2,1-2H3;3-4H,1-2H2;5*1-2H2. The number of unbranched alkanes of at least 4 members (excludes halogenated alkanes) is 1. The van der Waals surface area contributed by atoms with Crippen molar-refractivity contribution in [2.75, 3.05) is 26.4 Å². The molecule has 2 N–H and O–H groups in total. The molecule has 3 heteroatoms. The smallest absolute Gasteiger partial charge is 0.0662 e. The quantitative estimate of drug-likeness (QED) is 0.566. The Labute approximate surface area is 134 Å². The Morgan fingerprint density at radius 1 is 0.667 bits per heavy atom. The summed E-state index contributed by atoms with van der Waals surface area (Å²) < 4.78 is 5.07. The van der Waals surface area contributed by atoms with Gasteiger partial charge in [-0.15, -0.1) is 65.8 Å². The van der Waals surface area contributed by atoms with Crippen molar-refractivity contribution >= 4 is 0 Å². The van der Waals surface area contributed by atoms with Gasteiger partial charge in [-0.25, -0.2) is 0 Å². The zero-order valence-electron chi connectivity index (χ0n) is 14.6. The van der Waals surface area contributed by atoms with Gasteiger partial charge in [-0.1, -0.05) is 13.3 Å². The number of aliphatic hydroxyl groups excluding tert-OH is 2. The van der Waals surface area contributed by atoms with Crippen LogP contribution in [0.25, 0.3) is 0 Å². The molecule has 0 aliphatic rings.